The van der Waals surface area contributed by atoms with E-state index in [9.17, 15) is 0 Å². The second-order valence-corrected chi connectivity index (χ2v) is 8.87. The van der Waals surface area contributed by atoms with Gasteiger partial charge in [0.05, 0.1) is 17.3 Å². The summed E-state index contributed by atoms with van der Waals surface area (Å²) >= 11 is 0. The molecule has 1 fully saturated rings. The van der Waals surface area contributed by atoms with Crippen LogP contribution in [0.4, 0.5) is 0 Å². The molecule has 1 aromatic carbocycles. The van der Waals surface area contributed by atoms with E-state index in [1.807, 2.05) is 30.5 Å². The fourth-order valence-corrected chi connectivity index (χ4v) is 4.67. The Hall–Kier alpha value is -2.14. The molecule has 0 unspecified atom stereocenters. The zero-order valence-electron chi connectivity index (χ0n) is 18.1. The number of aromatic nitrogens is 1. The van der Waals surface area contributed by atoms with Crippen molar-refractivity contribution in [1.29, 1.82) is 5.26 Å². The molecule has 0 atom stereocenters. The van der Waals surface area contributed by atoms with Gasteiger partial charge in [0.25, 0.3) is 0 Å². The second-order valence-electron chi connectivity index (χ2n) is 8.87. The highest BCUT2D eigenvalue weighted by Crippen LogP contribution is 2.34. The van der Waals surface area contributed by atoms with E-state index in [0.29, 0.717) is 5.56 Å². The number of benzene rings is 1. The fourth-order valence-electron chi connectivity index (χ4n) is 4.67. The van der Waals surface area contributed by atoms with Gasteiger partial charge in [-0.05, 0) is 48.4 Å². The summed E-state index contributed by atoms with van der Waals surface area (Å²) in [6, 6.07) is 14.2. The van der Waals surface area contributed by atoms with Crippen molar-refractivity contribution in [2.45, 2.75) is 84.0 Å². The van der Waals surface area contributed by atoms with Crippen molar-refractivity contribution in [2.24, 2.45) is 11.8 Å². The molecule has 154 valence electrons. The lowest BCUT2D eigenvalue weighted by Gasteiger charge is -2.28. The molecule has 3 rings (SSSR count). The maximum absolute atomic E-state index is 8.92. The third kappa shape index (κ3) is 7.00. The summed E-state index contributed by atoms with van der Waals surface area (Å²) in [5.41, 5.74) is 4.10. The Kier molecular flexibility index (Phi) is 8.75. The lowest BCUT2D eigenvalue weighted by molar-refractivity contribution is 0.248. The minimum Gasteiger partial charge on any atom is -0.256 e. The van der Waals surface area contributed by atoms with Crippen molar-refractivity contribution in [3.8, 4) is 17.3 Å². The van der Waals surface area contributed by atoms with Crippen molar-refractivity contribution >= 4 is 0 Å². The molecule has 1 aliphatic carbocycles. The van der Waals surface area contributed by atoms with Crippen molar-refractivity contribution in [2.75, 3.05) is 0 Å². The number of rotatable bonds is 10. The smallest absolute Gasteiger partial charge is 0.0991 e. The molecular weight excluding hydrogens is 352 g/mol. The summed E-state index contributed by atoms with van der Waals surface area (Å²) < 4.78 is 0. The zero-order valence-corrected chi connectivity index (χ0v) is 18.1. The number of pyridine rings is 1. The Labute approximate surface area is 177 Å². The van der Waals surface area contributed by atoms with Gasteiger partial charge in [-0.15, -0.1) is 0 Å². The lowest BCUT2D eigenvalue weighted by atomic mass is 9.78. The summed E-state index contributed by atoms with van der Waals surface area (Å²) in [4.78, 5) is 4.65. The first kappa shape index (κ1) is 21.6. The molecule has 2 heteroatoms. The van der Waals surface area contributed by atoms with E-state index in [-0.39, 0.29) is 0 Å². The second kappa shape index (κ2) is 11.8. The largest absolute Gasteiger partial charge is 0.256 e. The van der Waals surface area contributed by atoms with E-state index in [0.717, 1.165) is 29.5 Å². The summed E-state index contributed by atoms with van der Waals surface area (Å²) in [5, 5.41) is 8.92. The highest BCUT2D eigenvalue weighted by atomic mass is 14.7. The minimum atomic E-state index is 0.691. The molecule has 0 spiro atoms. The molecule has 2 nitrogen and oxygen atoms in total. The van der Waals surface area contributed by atoms with Crippen LogP contribution in [0.15, 0.2) is 42.6 Å². The van der Waals surface area contributed by atoms with Crippen molar-refractivity contribution in [3.05, 3.63) is 53.7 Å². The SMILES string of the molecule is CCCCCCCC1CCC(CCc2ccc(-c3ccc(C#N)cc3)nc2)CC1. The third-order valence-electron chi connectivity index (χ3n) is 6.66. The Morgan fingerprint density at radius 2 is 1.55 bits per heavy atom. The Morgan fingerprint density at radius 3 is 2.17 bits per heavy atom. The molecule has 1 aliphatic rings. The van der Waals surface area contributed by atoms with Crippen molar-refractivity contribution < 1.29 is 0 Å². The van der Waals surface area contributed by atoms with Crippen LogP contribution in [0.2, 0.25) is 0 Å². The van der Waals surface area contributed by atoms with Gasteiger partial charge >= 0.3 is 0 Å². The number of aryl methyl sites for hydroxylation is 1. The Balaban J connectivity index is 1.37. The monoisotopic (exact) mass is 388 g/mol. The van der Waals surface area contributed by atoms with Crippen LogP contribution in [-0.2, 0) is 6.42 Å². The van der Waals surface area contributed by atoms with Crippen LogP contribution in [0.1, 0.15) is 88.7 Å². The van der Waals surface area contributed by atoms with Crippen molar-refractivity contribution in [1.82, 2.24) is 4.98 Å². The third-order valence-corrected chi connectivity index (χ3v) is 6.66. The van der Waals surface area contributed by atoms with Crippen LogP contribution in [0.5, 0.6) is 0 Å². The summed E-state index contributed by atoms with van der Waals surface area (Å²) in [7, 11) is 0. The maximum atomic E-state index is 8.92. The molecule has 2 aromatic rings. The number of unbranched alkanes of at least 4 members (excludes halogenated alkanes) is 4. The fraction of sp³-hybridized carbons (Fsp3) is 0.556. The molecule has 0 bridgehead atoms. The molecule has 29 heavy (non-hydrogen) atoms. The van der Waals surface area contributed by atoms with E-state index in [1.165, 1.54) is 76.2 Å². The first-order valence-corrected chi connectivity index (χ1v) is 11.7. The van der Waals surface area contributed by atoms with Gasteiger partial charge in [-0.1, -0.05) is 89.3 Å². The summed E-state index contributed by atoms with van der Waals surface area (Å²) in [5.74, 6) is 1.91. The predicted molar refractivity (Wildman–Crippen MR) is 122 cm³/mol. The zero-order chi connectivity index (χ0) is 20.3. The molecule has 0 aliphatic heterocycles. The van der Waals surface area contributed by atoms with Crippen LogP contribution >= 0.6 is 0 Å². The van der Waals surface area contributed by atoms with Gasteiger partial charge < -0.3 is 0 Å². The van der Waals surface area contributed by atoms with Gasteiger partial charge in [0.15, 0.2) is 0 Å². The van der Waals surface area contributed by atoms with E-state index in [4.69, 9.17) is 5.26 Å². The average molecular weight is 389 g/mol. The van der Waals surface area contributed by atoms with Crippen molar-refractivity contribution in [3.63, 3.8) is 0 Å². The number of nitriles is 1. The lowest BCUT2D eigenvalue weighted by Crippen LogP contribution is -2.15. The van der Waals surface area contributed by atoms with Gasteiger partial charge in [0, 0.05) is 11.8 Å². The van der Waals surface area contributed by atoms with Gasteiger partial charge in [-0.25, -0.2) is 0 Å². The van der Waals surface area contributed by atoms with E-state index < -0.39 is 0 Å². The van der Waals surface area contributed by atoms with Crippen LogP contribution in [0.25, 0.3) is 11.3 Å². The normalized spacial score (nSPS) is 19.0. The van der Waals surface area contributed by atoms with Gasteiger partial charge in [0.1, 0.15) is 0 Å². The summed E-state index contributed by atoms with van der Waals surface area (Å²) in [6.45, 7) is 2.29. The molecule has 1 aromatic heterocycles. The number of hydrogen-bond acceptors (Lipinski definition) is 2. The molecule has 1 saturated carbocycles. The molecular formula is C27H36N2. The number of hydrogen-bond donors (Lipinski definition) is 0. The average Bonchev–Trinajstić information content (AvgIpc) is 2.79. The molecule has 0 radical (unpaired) electrons. The molecule has 0 N–H and O–H groups in total. The maximum Gasteiger partial charge on any atom is 0.0991 e. The van der Waals surface area contributed by atoms with Crippen LogP contribution in [-0.4, -0.2) is 4.98 Å². The van der Waals surface area contributed by atoms with Crippen LogP contribution < -0.4 is 0 Å². The Morgan fingerprint density at radius 1 is 0.862 bits per heavy atom. The quantitative estimate of drug-likeness (QED) is 0.391. The first-order valence-electron chi connectivity index (χ1n) is 11.7. The predicted octanol–water partition coefficient (Wildman–Crippen LogP) is 7.72. The Bertz CT molecular complexity index is 747. The molecule has 1 heterocycles. The van der Waals surface area contributed by atoms with Crippen LogP contribution in [0, 0.1) is 23.2 Å². The van der Waals surface area contributed by atoms with Gasteiger partial charge in [-0.3, -0.25) is 4.98 Å². The van der Waals surface area contributed by atoms with Gasteiger partial charge in [0.2, 0.25) is 0 Å². The standard InChI is InChI=1S/C27H36N2/c1-2-3-4-5-6-7-22-8-10-23(11-9-22)12-13-25-16-19-27(29-21-25)26-17-14-24(20-28)15-18-26/h14-19,21-23H,2-13H2,1H3. The first-order chi connectivity index (χ1) is 14.3. The number of nitrogens with zero attached hydrogens (tertiary/aromatic N) is 2. The highest BCUT2D eigenvalue weighted by molar-refractivity contribution is 5.60. The summed E-state index contributed by atoms with van der Waals surface area (Å²) in [6.07, 6.45) is 18.8. The van der Waals surface area contributed by atoms with Crippen LogP contribution in [0.3, 0.4) is 0 Å². The highest BCUT2D eigenvalue weighted by Gasteiger charge is 2.20. The van der Waals surface area contributed by atoms with E-state index in [1.54, 1.807) is 0 Å². The topological polar surface area (TPSA) is 36.7 Å². The minimum absolute atomic E-state index is 0.691. The molecule has 0 amide bonds. The van der Waals surface area contributed by atoms with E-state index in [2.05, 4.69) is 30.1 Å². The molecule has 0 saturated heterocycles. The van der Waals surface area contributed by atoms with E-state index >= 15 is 0 Å². The van der Waals surface area contributed by atoms with Gasteiger partial charge in [-0.2, -0.15) is 5.26 Å².